The minimum atomic E-state index is -0.137. The van der Waals surface area contributed by atoms with E-state index in [0.29, 0.717) is 17.4 Å². The van der Waals surface area contributed by atoms with Crippen LogP contribution in [0.3, 0.4) is 0 Å². The molecule has 0 atom stereocenters. The van der Waals surface area contributed by atoms with Crippen LogP contribution in [-0.4, -0.2) is 39.4 Å². The molecule has 2 aromatic carbocycles. The predicted molar refractivity (Wildman–Crippen MR) is 122 cm³/mol. The zero-order chi connectivity index (χ0) is 21.8. The van der Waals surface area contributed by atoms with E-state index in [4.69, 9.17) is 4.98 Å². The van der Waals surface area contributed by atoms with Gasteiger partial charge >= 0.3 is 0 Å². The summed E-state index contributed by atoms with van der Waals surface area (Å²) in [5.74, 6) is 0.636. The van der Waals surface area contributed by atoms with Crippen molar-refractivity contribution in [3.05, 3.63) is 65.5 Å². The quantitative estimate of drug-likeness (QED) is 0.656. The highest BCUT2D eigenvalue weighted by molar-refractivity contribution is 5.95. The summed E-state index contributed by atoms with van der Waals surface area (Å²) in [5, 5.41) is 2.98. The zero-order valence-corrected chi connectivity index (χ0v) is 18.3. The highest BCUT2D eigenvalue weighted by Crippen LogP contribution is 2.23. The number of hydrogen-bond acceptors (Lipinski definition) is 3. The number of carbonyl (C=O) groups excluding carboxylic acids is 2. The van der Waals surface area contributed by atoms with Crippen LogP contribution >= 0.6 is 0 Å². The SMILES string of the molecule is Cc1ccccc1C(=O)NCc1nc2ccccc2n1CC(=O)N(C)C1CCCCC1. The van der Waals surface area contributed by atoms with E-state index in [1.54, 1.807) is 0 Å². The first kappa shape index (κ1) is 21.1. The van der Waals surface area contributed by atoms with Crippen molar-refractivity contribution in [1.29, 1.82) is 0 Å². The lowest BCUT2D eigenvalue weighted by Gasteiger charge is -2.31. The van der Waals surface area contributed by atoms with Crippen LogP contribution in [0.1, 0.15) is 53.8 Å². The van der Waals surface area contributed by atoms with Gasteiger partial charge in [-0.3, -0.25) is 9.59 Å². The summed E-state index contributed by atoms with van der Waals surface area (Å²) in [5.41, 5.74) is 3.32. The molecular formula is C25H30N4O2. The number of likely N-dealkylation sites (N-methyl/N-ethyl adjacent to an activating group) is 1. The molecule has 0 unspecified atom stereocenters. The van der Waals surface area contributed by atoms with E-state index in [9.17, 15) is 9.59 Å². The number of para-hydroxylation sites is 2. The molecule has 31 heavy (non-hydrogen) atoms. The summed E-state index contributed by atoms with van der Waals surface area (Å²) in [6.07, 6.45) is 5.78. The number of carbonyl (C=O) groups is 2. The molecule has 0 spiro atoms. The Morgan fingerprint density at radius 3 is 2.55 bits per heavy atom. The maximum atomic E-state index is 13.1. The lowest BCUT2D eigenvalue weighted by molar-refractivity contribution is -0.133. The minimum Gasteiger partial charge on any atom is -0.345 e. The van der Waals surface area contributed by atoms with E-state index in [1.807, 2.05) is 72.0 Å². The molecule has 1 aromatic heterocycles. The van der Waals surface area contributed by atoms with Gasteiger partial charge in [0.25, 0.3) is 5.91 Å². The third-order valence-corrected chi connectivity index (χ3v) is 6.34. The second-order valence-corrected chi connectivity index (χ2v) is 8.40. The molecule has 1 aliphatic carbocycles. The van der Waals surface area contributed by atoms with Gasteiger partial charge in [-0.2, -0.15) is 0 Å². The first-order valence-electron chi connectivity index (χ1n) is 11.1. The van der Waals surface area contributed by atoms with E-state index < -0.39 is 0 Å². The van der Waals surface area contributed by atoms with Gasteiger partial charge in [0.2, 0.25) is 5.91 Å². The Morgan fingerprint density at radius 2 is 1.77 bits per heavy atom. The van der Waals surface area contributed by atoms with E-state index in [0.717, 1.165) is 29.4 Å². The van der Waals surface area contributed by atoms with E-state index in [-0.39, 0.29) is 24.9 Å². The fourth-order valence-electron chi connectivity index (χ4n) is 4.44. The normalized spacial score (nSPS) is 14.5. The summed E-state index contributed by atoms with van der Waals surface area (Å²) in [6.45, 7) is 2.41. The summed E-state index contributed by atoms with van der Waals surface area (Å²) in [4.78, 5) is 32.4. The fraction of sp³-hybridized carbons (Fsp3) is 0.400. The lowest BCUT2D eigenvalue weighted by Crippen LogP contribution is -2.40. The van der Waals surface area contributed by atoms with E-state index in [1.165, 1.54) is 19.3 Å². The summed E-state index contributed by atoms with van der Waals surface area (Å²) in [6, 6.07) is 15.6. The number of rotatable bonds is 6. The monoisotopic (exact) mass is 418 g/mol. The van der Waals surface area contributed by atoms with Crippen LogP contribution in [0.2, 0.25) is 0 Å². The van der Waals surface area contributed by atoms with Crippen LogP contribution in [0.5, 0.6) is 0 Å². The lowest BCUT2D eigenvalue weighted by atomic mass is 9.94. The molecule has 6 nitrogen and oxygen atoms in total. The van der Waals surface area contributed by atoms with Crippen molar-refractivity contribution in [3.63, 3.8) is 0 Å². The van der Waals surface area contributed by atoms with E-state index in [2.05, 4.69) is 5.32 Å². The van der Waals surface area contributed by atoms with Crippen LogP contribution in [0.15, 0.2) is 48.5 Å². The number of aryl methyl sites for hydroxylation is 1. The van der Waals surface area contributed by atoms with Gasteiger partial charge in [-0.1, -0.05) is 49.6 Å². The molecule has 1 N–H and O–H groups in total. The Morgan fingerprint density at radius 1 is 1.06 bits per heavy atom. The molecule has 2 amide bonds. The highest BCUT2D eigenvalue weighted by atomic mass is 16.2. The number of nitrogens with zero attached hydrogens (tertiary/aromatic N) is 3. The van der Waals surface area contributed by atoms with Crippen LogP contribution < -0.4 is 5.32 Å². The van der Waals surface area contributed by atoms with Gasteiger partial charge in [0.05, 0.1) is 17.6 Å². The molecule has 0 radical (unpaired) electrons. The second-order valence-electron chi connectivity index (χ2n) is 8.40. The maximum absolute atomic E-state index is 13.1. The molecule has 1 heterocycles. The molecule has 6 heteroatoms. The van der Waals surface area contributed by atoms with Crippen molar-refractivity contribution >= 4 is 22.8 Å². The Bertz CT molecular complexity index is 1080. The highest BCUT2D eigenvalue weighted by Gasteiger charge is 2.23. The standard InChI is InChI=1S/C25H30N4O2/c1-18-10-6-7-13-20(18)25(31)26-16-23-27-21-14-8-9-15-22(21)29(23)17-24(30)28(2)19-11-4-3-5-12-19/h6-10,13-15,19H,3-5,11-12,16-17H2,1-2H3,(H,26,31). The number of fused-ring (bicyclic) bond motifs is 1. The number of hydrogen-bond donors (Lipinski definition) is 1. The van der Waals surface area contributed by atoms with Crippen LogP contribution in [-0.2, 0) is 17.9 Å². The van der Waals surface area contributed by atoms with Crippen molar-refractivity contribution in [2.24, 2.45) is 0 Å². The molecule has 0 saturated heterocycles. The smallest absolute Gasteiger partial charge is 0.251 e. The van der Waals surface area contributed by atoms with Gasteiger partial charge in [0.1, 0.15) is 12.4 Å². The largest absolute Gasteiger partial charge is 0.345 e. The molecule has 1 aliphatic rings. The molecule has 3 aromatic rings. The average molecular weight is 419 g/mol. The zero-order valence-electron chi connectivity index (χ0n) is 18.3. The molecule has 1 fully saturated rings. The fourth-order valence-corrected chi connectivity index (χ4v) is 4.44. The van der Waals surface area contributed by atoms with Gasteiger partial charge in [0, 0.05) is 18.7 Å². The van der Waals surface area contributed by atoms with E-state index >= 15 is 0 Å². The molecule has 0 bridgehead atoms. The first-order valence-corrected chi connectivity index (χ1v) is 11.1. The van der Waals surface area contributed by atoms with Crippen LogP contribution in [0, 0.1) is 6.92 Å². The number of nitrogens with one attached hydrogen (secondary N) is 1. The maximum Gasteiger partial charge on any atom is 0.251 e. The topological polar surface area (TPSA) is 67.2 Å². The molecular weight excluding hydrogens is 388 g/mol. The van der Waals surface area contributed by atoms with Crippen molar-refractivity contribution in [2.45, 2.75) is 58.2 Å². The van der Waals surface area contributed by atoms with Crippen LogP contribution in [0.4, 0.5) is 0 Å². The van der Waals surface area contributed by atoms with Gasteiger partial charge < -0.3 is 14.8 Å². The molecule has 4 rings (SSSR count). The summed E-state index contributed by atoms with van der Waals surface area (Å²) < 4.78 is 1.94. The predicted octanol–water partition coefficient (Wildman–Crippen LogP) is 4.07. The van der Waals surface area contributed by atoms with Gasteiger partial charge in [0.15, 0.2) is 0 Å². The summed E-state index contributed by atoms with van der Waals surface area (Å²) >= 11 is 0. The van der Waals surface area contributed by atoms with Gasteiger partial charge in [-0.25, -0.2) is 4.98 Å². The third kappa shape index (κ3) is 4.63. The first-order chi connectivity index (χ1) is 15.0. The molecule has 0 aliphatic heterocycles. The van der Waals surface area contributed by atoms with Crippen molar-refractivity contribution in [2.75, 3.05) is 7.05 Å². The minimum absolute atomic E-state index is 0.0848. The molecule has 1 saturated carbocycles. The van der Waals surface area contributed by atoms with Crippen molar-refractivity contribution < 1.29 is 9.59 Å². The Balaban J connectivity index is 1.53. The Labute approximate surface area is 183 Å². The van der Waals surface area contributed by atoms with Crippen molar-refractivity contribution in [3.8, 4) is 0 Å². The number of benzene rings is 2. The number of amides is 2. The van der Waals surface area contributed by atoms with Gasteiger partial charge in [-0.05, 0) is 43.5 Å². The van der Waals surface area contributed by atoms with Gasteiger partial charge in [-0.15, -0.1) is 0 Å². The second kappa shape index (κ2) is 9.33. The third-order valence-electron chi connectivity index (χ3n) is 6.34. The molecule has 162 valence electrons. The summed E-state index contributed by atoms with van der Waals surface area (Å²) in [7, 11) is 1.91. The average Bonchev–Trinajstić information content (AvgIpc) is 3.15. The number of imidazole rings is 1. The Kier molecular flexibility index (Phi) is 6.35. The number of aromatic nitrogens is 2. The van der Waals surface area contributed by atoms with Crippen LogP contribution in [0.25, 0.3) is 11.0 Å². The Hall–Kier alpha value is -3.15. The van der Waals surface area contributed by atoms with Crippen molar-refractivity contribution in [1.82, 2.24) is 19.8 Å².